The van der Waals surface area contributed by atoms with Gasteiger partial charge in [0.05, 0.1) is 11.1 Å². The number of hydrogen-bond donors (Lipinski definition) is 0. The maximum atomic E-state index is 13.7. The average molecular weight is 458 g/mol. The lowest BCUT2D eigenvalue weighted by atomic mass is 10.1. The second kappa shape index (κ2) is 7.53. The molecular formula is C21H20ClN5OS2. The van der Waals surface area contributed by atoms with E-state index in [1.54, 1.807) is 39.8 Å². The molecule has 1 aromatic carbocycles. The molecule has 0 amide bonds. The fourth-order valence-corrected chi connectivity index (χ4v) is 6.16. The summed E-state index contributed by atoms with van der Waals surface area (Å²) in [6.07, 6.45) is 0.865. The Morgan fingerprint density at radius 1 is 1.30 bits per heavy atom. The average Bonchev–Trinajstić information content (AvgIpc) is 3.28. The van der Waals surface area contributed by atoms with Gasteiger partial charge in [0.2, 0.25) is 5.78 Å². The van der Waals surface area contributed by atoms with Crippen LogP contribution in [0.4, 0.5) is 0 Å². The molecule has 0 N–H and O–H groups in total. The Labute approximate surface area is 186 Å². The number of fused-ring (bicyclic) bond motifs is 5. The molecule has 3 aromatic heterocycles. The summed E-state index contributed by atoms with van der Waals surface area (Å²) in [5.41, 5.74) is 2.90. The minimum atomic E-state index is -0.0503. The third kappa shape index (κ3) is 3.19. The summed E-state index contributed by atoms with van der Waals surface area (Å²) < 4.78 is 3.68. The molecule has 0 radical (unpaired) electrons. The van der Waals surface area contributed by atoms with Crippen molar-refractivity contribution in [3.8, 4) is 5.69 Å². The summed E-state index contributed by atoms with van der Waals surface area (Å²) >= 11 is 9.35. The van der Waals surface area contributed by atoms with E-state index in [2.05, 4.69) is 28.7 Å². The molecule has 1 aliphatic heterocycles. The van der Waals surface area contributed by atoms with Crippen LogP contribution in [0.2, 0.25) is 5.02 Å². The van der Waals surface area contributed by atoms with Gasteiger partial charge in [-0.1, -0.05) is 35.5 Å². The first-order valence-electron chi connectivity index (χ1n) is 9.60. The smallest absolute Gasteiger partial charge is 0.268 e. The Morgan fingerprint density at radius 2 is 2.07 bits per heavy atom. The third-order valence-electron chi connectivity index (χ3n) is 5.20. The topological polar surface area (TPSA) is 55.4 Å². The van der Waals surface area contributed by atoms with E-state index in [9.17, 15) is 4.79 Å². The van der Waals surface area contributed by atoms with Gasteiger partial charge in [0.1, 0.15) is 4.83 Å². The van der Waals surface area contributed by atoms with Gasteiger partial charge < -0.3 is 4.90 Å². The van der Waals surface area contributed by atoms with E-state index in [0.29, 0.717) is 10.8 Å². The van der Waals surface area contributed by atoms with E-state index < -0.39 is 0 Å². The number of thioether (sulfide) groups is 1. The second-order valence-corrected chi connectivity index (χ2v) is 10.1. The van der Waals surface area contributed by atoms with Gasteiger partial charge in [0.15, 0.2) is 5.16 Å². The van der Waals surface area contributed by atoms with Crippen LogP contribution in [0.15, 0.2) is 46.4 Å². The van der Waals surface area contributed by atoms with Crippen molar-refractivity contribution >= 4 is 50.7 Å². The van der Waals surface area contributed by atoms with Crippen molar-refractivity contribution in [3.63, 3.8) is 0 Å². The van der Waals surface area contributed by atoms with Gasteiger partial charge >= 0.3 is 0 Å². The largest absolute Gasteiger partial charge is 0.301 e. The normalized spacial score (nSPS) is 14.5. The van der Waals surface area contributed by atoms with E-state index >= 15 is 0 Å². The van der Waals surface area contributed by atoms with Crippen molar-refractivity contribution in [2.75, 3.05) is 19.3 Å². The molecule has 30 heavy (non-hydrogen) atoms. The van der Waals surface area contributed by atoms with Crippen LogP contribution in [0.1, 0.15) is 17.4 Å². The van der Waals surface area contributed by atoms with Crippen molar-refractivity contribution in [2.24, 2.45) is 0 Å². The number of aromatic nitrogens is 4. The fourth-order valence-electron chi connectivity index (χ4n) is 3.79. The molecule has 0 saturated carbocycles. The van der Waals surface area contributed by atoms with Crippen molar-refractivity contribution < 1.29 is 0 Å². The Hall–Kier alpha value is -2.13. The lowest BCUT2D eigenvalue weighted by Gasteiger charge is -2.21. The Bertz CT molecular complexity index is 1350. The van der Waals surface area contributed by atoms with Gasteiger partial charge in [-0.15, -0.1) is 21.5 Å². The van der Waals surface area contributed by atoms with E-state index in [1.165, 1.54) is 4.88 Å². The Balaban J connectivity index is 1.86. The molecule has 0 atom stereocenters. The molecule has 0 spiro atoms. The monoisotopic (exact) mass is 457 g/mol. The highest BCUT2D eigenvalue weighted by Crippen LogP contribution is 2.35. The Kier molecular flexibility index (Phi) is 4.97. The summed E-state index contributed by atoms with van der Waals surface area (Å²) in [5.74, 6) is 1.27. The number of rotatable bonds is 4. The first-order chi connectivity index (χ1) is 14.4. The SMILES string of the molecule is C=C(C)CSc1nnc2n(-c3ccc(Cl)cc3)c(=O)c3c4c(sc3n12)CN(C)CC4. The first kappa shape index (κ1) is 19.8. The molecule has 0 fully saturated rings. The minimum absolute atomic E-state index is 0.0503. The zero-order valence-corrected chi connectivity index (χ0v) is 19.1. The van der Waals surface area contributed by atoms with Gasteiger partial charge in [-0.25, -0.2) is 8.97 Å². The van der Waals surface area contributed by atoms with Gasteiger partial charge in [0.25, 0.3) is 5.56 Å². The van der Waals surface area contributed by atoms with Gasteiger partial charge in [-0.05, 0) is 50.2 Å². The second-order valence-electron chi connectivity index (χ2n) is 7.65. The fraction of sp³-hybridized carbons (Fsp3) is 0.286. The summed E-state index contributed by atoms with van der Waals surface area (Å²) in [6.45, 7) is 7.79. The summed E-state index contributed by atoms with van der Waals surface area (Å²) in [6, 6.07) is 7.26. The zero-order valence-electron chi connectivity index (χ0n) is 16.7. The predicted octanol–water partition coefficient (Wildman–Crippen LogP) is 4.40. The molecule has 154 valence electrons. The van der Waals surface area contributed by atoms with Crippen LogP contribution in [0.3, 0.4) is 0 Å². The molecule has 4 heterocycles. The Morgan fingerprint density at radius 3 is 2.80 bits per heavy atom. The number of hydrogen-bond acceptors (Lipinski definition) is 6. The molecular weight excluding hydrogens is 438 g/mol. The van der Waals surface area contributed by atoms with Gasteiger partial charge in [0, 0.05) is 28.7 Å². The number of halogens is 1. The maximum Gasteiger partial charge on any atom is 0.268 e. The summed E-state index contributed by atoms with van der Waals surface area (Å²) in [7, 11) is 2.11. The predicted molar refractivity (Wildman–Crippen MR) is 125 cm³/mol. The molecule has 0 unspecified atom stereocenters. The molecule has 1 aliphatic rings. The van der Waals surface area contributed by atoms with Crippen LogP contribution in [0.25, 0.3) is 21.7 Å². The highest BCUT2D eigenvalue weighted by molar-refractivity contribution is 7.99. The van der Waals surface area contributed by atoms with Crippen LogP contribution < -0.4 is 5.56 Å². The summed E-state index contributed by atoms with van der Waals surface area (Å²) in [5, 5.41) is 11.0. The molecule has 6 nitrogen and oxygen atoms in total. The minimum Gasteiger partial charge on any atom is -0.301 e. The number of thiophene rings is 1. The highest BCUT2D eigenvalue weighted by Gasteiger charge is 2.26. The van der Waals surface area contributed by atoms with Gasteiger partial charge in [-0.3, -0.25) is 4.79 Å². The van der Waals surface area contributed by atoms with Crippen molar-refractivity contribution in [1.82, 2.24) is 24.1 Å². The lowest BCUT2D eigenvalue weighted by molar-refractivity contribution is 0.318. The highest BCUT2D eigenvalue weighted by atomic mass is 35.5. The van der Waals surface area contributed by atoms with Crippen LogP contribution in [0.5, 0.6) is 0 Å². The number of benzene rings is 1. The molecule has 9 heteroatoms. The van der Waals surface area contributed by atoms with Gasteiger partial charge in [-0.2, -0.15) is 0 Å². The van der Waals surface area contributed by atoms with E-state index in [0.717, 1.165) is 57.5 Å². The molecule has 0 saturated heterocycles. The van der Waals surface area contributed by atoms with E-state index in [4.69, 9.17) is 11.6 Å². The van der Waals surface area contributed by atoms with Crippen LogP contribution in [0, 0.1) is 0 Å². The lowest BCUT2D eigenvalue weighted by Crippen LogP contribution is -2.27. The zero-order chi connectivity index (χ0) is 21.0. The molecule has 4 aromatic rings. The van der Waals surface area contributed by atoms with E-state index in [1.807, 2.05) is 23.5 Å². The molecule has 0 aliphatic carbocycles. The molecule has 5 rings (SSSR count). The third-order valence-corrected chi connectivity index (χ3v) is 7.81. The maximum absolute atomic E-state index is 13.7. The van der Waals surface area contributed by atoms with Crippen molar-refractivity contribution in [3.05, 3.63) is 62.2 Å². The number of nitrogens with zero attached hydrogens (tertiary/aromatic N) is 5. The van der Waals surface area contributed by atoms with Crippen molar-refractivity contribution in [1.29, 1.82) is 0 Å². The number of likely N-dealkylation sites (N-methyl/N-ethyl adjacent to an activating group) is 1. The van der Waals surface area contributed by atoms with Crippen LogP contribution in [-0.2, 0) is 13.0 Å². The summed E-state index contributed by atoms with van der Waals surface area (Å²) in [4.78, 5) is 18.2. The standard InChI is InChI=1S/C21H20ClN5OS2/c1-12(2)11-29-21-24-23-20-26(14-6-4-13(22)5-7-14)18(28)17-15-8-9-25(3)10-16(15)30-19(17)27(20)21/h4-7H,1,8-11H2,2-3H3. The van der Waals surface area contributed by atoms with Crippen molar-refractivity contribution in [2.45, 2.75) is 25.0 Å². The quantitative estimate of drug-likeness (QED) is 0.335. The molecule has 0 bridgehead atoms. The van der Waals surface area contributed by atoms with Crippen LogP contribution in [-0.4, -0.2) is 43.4 Å². The first-order valence-corrected chi connectivity index (χ1v) is 11.8. The van der Waals surface area contributed by atoms with E-state index in [-0.39, 0.29) is 5.56 Å². The van der Waals surface area contributed by atoms with Crippen LogP contribution >= 0.6 is 34.7 Å².